The molecule has 0 amide bonds. The van der Waals surface area contributed by atoms with Crippen molar-refractivity contribution in [1.82, 2.24) is 0 Å². The lowest BCUT2D eigenvalue weighted by Crippen LogP contribution is -2.49. The summed E-state index contributed by atoms with van der Waals surface area (Å²) >= 11 is 6.00. The van der Waals surface area contributed by atoms with E-state index in [9.17, 15) is 18.3 Å². The Morgan fingerprint density at radius 3 is 2.32 bits per heavy atom. The minimum absolute atomic E-state index is 0.343. The van der Waals surface area contributed by atoms with Crippen molar-refractivity contribution < 1.29 is 28.1 Å². The molecule has 7 heteroatoms. The van der Waals surface area contributed by atoms with Gasteiger partial charge < -0.3 is 14.9 Å². The van der Waals surface area contributed by atoms with Gasteiger partial charge in [0.05, 0.1) is 13.7 Å². The van der Waals surface area contributed by atoms with E-state index in [0.717, 1.165) is 0 Å². The van der Waals surface area contributed by atoms with Gasteiger partial charge in [0, 0.05) is 10.6 Å². The standard InChI is InChI=1S/C15H20ClF3O3/c1-4-10(7-14(21,8-20)15(17,18)19)11-5-6-12(16)9(2)13(11)22-3/h5-6,10,20-21H,4,7-8H2,1-3H3. The Bertz CT molecular complexity index is 519. The van der Waals surface area contributed by atoms with Gasteiger partial charge in [0.1, 0.15) is 5.75 Å². The van der Waals surface area contributed by atoms with E-state index in [2.05, 4.69) is 0 Å². The summed E-state index contributed by atoms with van der Waals surface area (Å²) in [7, 11) is 1.41. The fourth-order valence-electron chi connectivity index (χ4n) is 2.43. The van der Waals surface area contributed by atoms with Gasteiger partial charge in [-0.1, -0.05) is 24.6 Å². The van der Waals surface area contributed by atoms with Crippen molar-refractivity contribution in [2.45, 2.75) is 44.4 Å². The summed E-state index contributed by atoms with van der Waals surface area (Å²) in [6.45, 7) is 2.03. The molecule has 3 nitrogen and oxygen atoms in total. The van der Waals surface area contributed by atoms with Crippen LogP contribution in [0, 0.1) is 6.92 Å². The molecular weight excluding hydrogens is 321 g/mol. The van der Waals surface area contributed by atoms with Gasteiger partial charge in [-0.3, -0.25) is 0 Å². The predicted octanol–water partition coefficient (Wildman–Crippen LogP) is 3.83. The van der Waals surface area contributed by atoms with Crippen LogP contribution in [0.15, 0.2) is 12.1 Å². The first-order valence-electron chi connectivity index (χ1n) is 6.84. The molecule has 22 heavy (non-hydrogen) atoms. The summed E-state index contributed by atoms with van der Waals surface area (Å²) in [4.78, 5) is 0. The topological polar surface area (TPSA) is 49.7 Å². The molecule has 1 aromatic carbocycles. The normalized spacial score (nSPS) is 16.2. The number of hydrogen-bond acceptors (Lipinski definition) is 3. The van der Waals surface area contributed by atoms with Crippen LogP contribution in [-0.4, -0.2) is 35.7 Å². The van der Waals surface area contributed by atoms with Crippen molar-refractivity contribution in [2.75, 3.05) is 13.7 Å². The highest BCUT2D eigenvalue weighted by Crippen LogP contribution is 2.43. The summed E-state index contributed by atoms with van der Waals surface area (Å²) in [5, 5.41) is 19.2. The third-order valence-electron chi connectivity index (χ3n) is 3.88. The smallest absolute Gasteiger partial charge is 0.419 e. The second-order valence-corrected chi connectivity index (χ2v) is 5.70. The first-order chi connectivity index (χ1) is 10.1. The summed E-state index contributed by atoms with van der Waals surface area (Å²) in [6.07, 6.45) is -5.22. The predicted molar refractivity (Wildman–Crippen MR) is 78.5 cm³/mol. The molecule has 126 valence electrons. The maximum absolute atomic E-state index is 13.0. The van der Waals surface area contributed by atoms with Crippen molar-refractivity contribution in [3.63, 3.8) is 0 Å². The van der Waals surface area contributed by atoms with Gasteiger partial charge >= 0.3 is 6.18 Å². The second kappa shape index (κ2) is 7.06. The highest BCUT2D eigenvalue weighted by Gasteiger charge is 2.54. The van der Waals surface area contributed by atoms with E-state index >= 15 is 0 Å². The van der Waals surface area contributed by atoms with Crippen molar-refractivity contribution in [3.05, 3.63) is 28.3 Å². The van der Waals surface area contributed by atoms with Crippen LogP contribution >= 0.6 is 11.6 Å². The number of methoxy groups -OCH3 is 1. The molecule has 0 aliphatic heterocycles. The van der Waals surface area contributed by atoms with Crippen molar-refractivity contribution >= 4 is 11.6 Å². The monoisotopic (exact) mass is 340 g/mol. The Morgan fingerprint density at radius 2 is 1.91 bits per heavy atom. The average Bonchev–Trinajstić information content (AvgIpc) is 2.46. The van der Waals surface area contributed by atoms with Crippen LogP contribution in [0.5, 0.6) is 5.75 Å². The minimum Gasteiger partial charge on any atom is -0.496 e. The first-order valence-corrected chi connectivity index (χ1v) is 7.22. The van der Waals surface area contributed by atoms with E-state index in [4.69, 9.17) is 21.4 Å². The van der Waals surface area contributed by atoms with Crippen molar-refractivity contribution in [1.29, 1.82) is 0 Å². The number of hydrogen-bond donors (Lipinski definition) is 2. The molecular formula is C15H20ClF3O3. The van der Waals surface area contributed by atoms with Gasteiger partial charge in [-0.2, -0.15) is 13.2 Å². The van der Waals surface area contributed by atoms with E-state index in [-0.39, 0.29) is 0 Å². The van der Waals surface area contributed by atoms with Gasteiger partial charge in [-0.25, -0.2) is 0 Å². The molecule has 0 radical (unpaired) electrons. The van der Waals surface area contributed by atoms with Gasteiger partial charge in [-0.05, 0) is 37.3 Å². The van der Waals surface area contributed by atoms with E-state index in [1.54, 1.807) is 26.0 Å². The number of rotatable bonds is 6. The number of benzene rings is 1. The molecule has 0 aliphatic rings. The molecule has 0 saturated carbocycles. The molecule has 1 rings (SSSR count). The number of ether oxygens (including phenoxy) is 1. The third kappa shape index (κ3) is 3.67. The summed E-state index contributed by atoms with van der Waals surface area (Å²) < 4.78 is 44.2. The Labute approximate surface area is 132 Å². The lowest BCUT2D eigenvalue weighted by Gasteiger charge is -2.32. The van der Waals surface area contributed by atoms with E-state index in [0.29, 0.717) is 28.3 Å². The van der Waals surface area contributed by atoms with Crippen LogP contribution in [0.3, 0.4) is 0 Å². The zero-order chi connectivity index (χ0) is 17.1. The Hall–Kier alpha value is -0.980. The SMILES string of the molecule is CCC(CC(O)(CO)C(F)(F)F)c1ccc(Cl)c(C)c1OC. The highest BCUT2D eigenvalue weighted by atomic mass is 35.5. The second-order valence-electron chi connectivity index (χ2n) is 5.29. The summed E-state index contributed by atoms with van der Waals surface area (Å²) in [6, 6.07) is 3.18. The third-order valence-corrected chi connectivity index (χ3v) is 4.29. The Balaban J connectivity index is 3.26. The van der Waals surface area contributed by atoms with Crippen LogP contribution in [0.4, 0.5) is 13.2 Å². The summed E-state index contributed by atoms with van der Waals surface area (Å²) in [5.74, 6) is -0.230. The van der Waals surface area contributed by atoms with E-state index in [1.165, 1.54) is 7.11 Å². The van der Waals surface area contributed by atoms with E-state index in [1.807, 2.05) is 0 Å². The zero-order valence-corrected chi connectivity index (χ0v) is 13.4. The van der Waals surface area contributed by atoms with Crippen molar-refractivity contribution in [3.8, 4) is 5.75 Å². The van der Waals surface area contributed by atoms with Gasteiger partial charge in [0.25, 0.3) is 0 Å². The lowest BCUT2D eigenvalue weighted by atomic mass is 9.83. The number of halogens is 4. The van der Waals surface area contributed by atoms with Crippen LogP contribution in [-0.2, 0) is 0 Å². The highest BCUT2D eigenvalue weighted by molar-refractivity contribution is 6.31. The minimum atomic E-state index is -4.91. The Kier molecular flexibility index (Phi) is 6.12. The summed E-state index contributed by atoms with van der Waals surface area (Å²) in [5.41, 5.74) is -1.99. The molecule has 1 aromatic rings. The largest absolute Gasteiger partial charge is 0.496 e. The quantitative estimate of drug-likeness (QED) is 0.827. The Morgan fingerprint density at radius 1 is 1.32 bits per heavy atom. The molecule has 2 N–H and O–H groups in total. The maximum atomic E-state index is 13.0. The molecule has 2 unspecified atom stereocenters. The van der Waals surface area contributed by atoms with Crippen LogP contribution in [0.2, 0.25) is 5.02 Å². The number of alkyl halides is 3. The fraction of sp³-hybridized carbons (Fsp3) is 0.600. The van der Waals surface area contributed by atoms with Crippen LogP contribution in [0.1, 0.15) is 36.8 Å². The van der Waals surface area contributed by atoms with Gasteiger partial charge in [0.15, 0.2) is 5.60 Å². The fourth-order valence-corrected chi connectivity index (χ4v) is 2.58. The average molecular weight is 341 g/mol. The molecule has 0 saturated heterocycles. The molecule has 0 heterocycles. The lowest BCUT2D eigenvalue weighted by molar-refractivity contribution is -0.274. The zero-order valence-electron chi connectivity index (χ0n) is 12.7. The number of aliphatic hydroxyl groups excluding tert-OH is 1. The van der Waals surface area contributed by atoms with Crippen molar-refractivity contribution in [2.24, 2.45) is 0 Å². The molecule has 0 spiro atoms. The van der Waals surface area contributed by atoms with E-state index < -0.39 is 30.7 Å². The maximum Gasteiger partial charge on any atom is 0.419 e. The molecule has 0 bridgehead atoms. The van der Waals surface area contributed by atoms with Gasteiger partial charge in [-0.15, -0.1) is 0 Å². The van der Waals surface area contributed by atoms with Crippen LogP contribution in [0.25, 0.3) is 0 Å². The first kappa shape index (κ1) is 19.1. The number of aliphatic hydroxyl groups is 2. The molecule has 2 atom stereocenters. The van der Waals surface area contributed by atoms with Crippen LogP contribution < -0.4 is 4.74 Å². The molecule has 0 aliphatic carbocycles. The van der Waals surface area contributed by atoms with Gasteiger partial charge in [0.2, 0.25) is 0 Å². The molecule has 0 fully saturated rings. The molecule has 0 aromatic heterocycles.